The lowest BCUT2D eigenvalue weighted by Crippen LogP contribution is -2.55. The third-order valence-electron chi connectivity index (χ3n) is 4.27. The van der Waals surface area contributed by atoms with Crippen LogP contribution in [0.25, 0.3) is 0 Å². The molecular formula is C14H18N2O4. The first-order valence-corrected chi connectivity index (χ1v) is 6.91. The number of hydrogen-bond donors (Lipinski definition) is 1. The Balaban J connectivity index is 1.92. The molecule has 1 spiro atoms. The van der Waals surface area contributed by atoms with Crippen molar-refractivity contribution in [3.05, 3.63) is 33.9 Å². The first kappa shape index (κ1) is 13.3. The summed E-state index contributed by atoms with van der Waals surface area (Å²) in [7, 11) is 0. The smallest absolute Gasteiger partial charge is 0.292 e. The summed E-state index contributed by atoms with van der Waals surface area (Å²) in [6.45, 7) is 1.83. The SMILES string of the molecule is O=[N+]([O-])c1ccc(CO)cc1N1CCOC2(CCC2)C1. The molecule has 1 saturated carbocycles. The molecule has 0 unspecified atom stereocenters. The molecule has 1 aromatic carbocycles. The van der Waals surface area contributed by atoms with Crippen molar-refractivity contribution >= 4 is 11.4 Å². The summed E-state index contributed by atoms with van der Waals surface area (Å²) >= 11 is 0. The van der Waals surface area contributed by atoms with Gasteiger partial charge in [-0.15, -0.1) is 0 Å². The Bertz CT molecular complexity index is 528. The fourth-order valence-electron chi connectivity index (χ4n) is 3.00. The molecule has 6 nitrogen and oxygen atoms in total. The highest BCUT2D eigenvalue weighted by Gasteiger charge is 2.43. The summed E-state index contributed by atoms with van der Waals surface area (Å²) in [5.74, 6) is 0. The van der Waals surface area contributed by atoms with Crippen molar-refractivity contribution in [1.29, 1.82) is 0 Å². The van der Waals surface area contributed by atoms with Crippen LogP contribution in [-0.4, -0.2) is 35.3 Å². The molecule has 1 aliphatic heterocycles. The van der Waals surface area contributed by atoms with E-state index in [9.17, 15) is 15.2 Å². The van der Waals surface area contributed by atoms with Gasteiger partial charge in [0.15, 0.2) is 0 Å². The van der Waals surface area contributed by atoms with Crippen LogP contribution in [0.1, 0.15) is 24.8 Å². The van der Waals surface area contributed by atoms with Gasteiger partial charge in [0.1, 0.15) is 5.69 Å². The Labute approximate surface area is 117 Å². The normalized spacial score (nSPS) is 20.8. The Kier molecular flexibility index (Phi) is 3.35. The van der Waals surface area contributed by atoms with Crippen LogP contribution in [0, 0.1) is 10.1 Å². The summed E-state index contributed by atoms with van der Waals surface area (Å²) in [5.41, 5.74) is 1.27. The van der Waals surface area contributed by atoms with Gasteiger partial charge in [0, 0.05) is 19.2 Å². The van der Waals surface area contributed by atoms with Crippen molar-refractivity contribution in [3.8, 4) is 0 Å². The van der Waals surface area contributed by atoms with Crippen molar-refractivity contribution in [2.75, 3.05) is 24.6 Å². The second-order valence-corrected chi connectivity index (χ2v) is 5.54. The monoisotopic (exact) mass is 278 g/mol. The average Bonchev–Trinajstić information content (AvgIpc) is 2.45. The van der Waals surface area contributed by atoms with E-state index in [1.165, 1.54) is 6.07 Å². The van der Waals surface area contributed by atoms with E-state index < -0.39 is 0 Å². The average molecular weight is 278 g/mol. The zero-order chi connectivity index (χ0) is 14.2. The number of nitro groups is 1. The molecule has 108 valence electrons. The van der Waals surface area contributed by atoms with Gasteiger partial charge >= 0.3 is 0 Å². The molecule has 6 heteroatoms. The molecule has 0 atom stereocenters. The maximum atomic E-state index is 11.2. The standard InChI is InChI=1S/C14H18N2O4/c17-9-11-2-3-12(16(18)19)13(8-11)15-6-7-20-14(10-15)4-1-5-14/h2-3,8,17H,1,4-7,9-10H2. The maximum Gasteiger partial charge on any atom is 0.292 e. The quantitative estimate of drug-likeness (QED) is 0.674. The van der Waals surface area contributed by atoms with Crippen molar-refractivity contribution in [3.63, 3.8) is 0 Å². The second-order valence-electron chi connectivity index (χ2n) is 5.54. The molecule has 0 amide bonds. The first-order valence-electron chi connectivity index (χ1n) is 6.91. The van der Waals surface area contributed by atoms with Gasteiger partial charge < -0.3 is 14.7 Å². The zero-order valence-corrected chi connectivity index (χ0v) is 11.2. The van der Waals surface area contributed by atoms with Gasteiger partial charge in [0.25, 0.3) is 5.69 Å². The van der Waals surface area contributed by atoms with Crippen LogP contribution in [-0.2, 0) is 11.3 Å². The van der Waals surface area contributed by atoms with Crippen LogP contribution in [0.15, 0.2) is 18.2 Å². The second kappa shape index (κ2) is 5.03. The summed E-state index contributed by atoms with van der Waals surface area (Å²) in [4.78, 5) is 12.9. The highest BCUT2D eigenvalue weighted by Crippen LogP contribution is 2.41. The first-order chi connectivity index (χ1) is 9.63. The van der Waals surface area contributed by atoms with Gasteiger partial charge in [-0.2, -0.15) is 0 Å². The van der Waals surface area contributed by atoms with Gasteiger partial charge in [-0.3, -0.25) is 10.1 Å². The van der Waals surface area contributed by atoms with E-state index in [2.05, 4.69) is 0 Å². The van der Waals surface area contributed by atoms with Crippen LogP contribution < -0.4 is 4.90 Å². The lowest BCUT2D eigenvalue weighted by Gasteiger charge is -2.48. The molecule has 0 radical (unpaired) electrons. The Morgan fingerprint density at radius 1 is 1.45 bits per heavy atom. The van der Waals surface area contributed by atoms with E-state index in [0.717, 1.165) is 19.3 Å². The number of rotatable bonds is 3. The molecule has 0 aromatic heterocycles. The van der Waals surface area contributed by atoms with E-state index in [1.807, 2.05) is 4.90 Å². The molecule has 3 rings (SSSR count). The van der Waals surface area contributed by atoms with Crippen LogP contribution in [0.5, 0.6) is 0 Å². The van der Waals surface area contributed by atoms with E-state index in [1.54, 1.807) is 12.1 Å². The lowest BCUT2D eigenvalue weighted by atomic mass is 9.78. The molecule has 2 fully saturated rings. The Morgan fingerprint density at radius 2 is 2.25 bits per heavy atom. The molecule has 1 aromatic rings. The summed E-state index contributed by atoms with van der Waals surface area (Å²) in [6.07, 6.45) is 3.21. The zero-order valence-electron chi connectivity index (χ0n) is 11.2. The lowest BCUT2D eigenvalue weighted by molar-refractivity contribution is -0.384. The van der Waals surface area contributed by atoms with E-state index in [-0.39, 0.29) is 22.8 Å². The van der Waals surface area contributed by atoms with E-state index in [0.29, 0.717) is 30.9 Å². The fraction of sp³-hybridized carbons (Fsp3) is 0.571. The molecule has 2 aliphatic rings. The predicted octanol–water partition coefficient (Wildman–Crippen LogP) is 1.85. The van der Waals surface area contributed by atoms with Gasteiger partial charge in [0.2, 0.25) is 0 Å². The number of nitro benzene ring substituents is 1. The van der Waals surface area contributed by atoms with Crippen LogP contribution >= 0.6 is 0 Å². The number of anilines is 1. The predicted molar refractivity (Wildman–Crippen MR) is 73.8 cm³/mol. The molecular weight excluding hydrogens is 260 g/mol. The van der Waals surface area contributed by atoms with Gasteiger partial charge in [-0.05, 0) is 37.0 Å². The van der Waals surface area contributed by atoms with Gasteiger partial charge in [-0.1, -0.05) is 0 Å². The molecule has 0 bridgehead atoms. The van der Waals surface area contributed by atoms with Crippen LogP contribution in [0.2, 0.25) is 0 Å². The molecule has 1 saturated heterocycles. The van der Waals surface area contributed by atoms with Crippen LogP contribution in [0.4, 0.5) is 11.4 Å². The third kappa shape index (κ3) is 2.25. The minimum atomic E-state index is -0.362. The minimum Gasteiger partial charge on any atom is -0.392 e. The van der Waals surface area contributed by atoms with Crippen molar-refractivity contribution in [2.24, 2.45) is 0 Å². The van der Waals surface area contributed by atoms with E-state index >= 15 is 0 Å². The summed E-state index contributed by atoms with van der Waals surface area (Å²) < 4.78 is 5.85. The van der Waals surface area contributed by atoms with Crippen molar-refractivity contribution in [1.82, 2.24) is 0 Å². The van der Waals surface area contributed by atoms with Crippen molar-refractivity contribution < 1.29 is 14.8 Å². The highest BCUT2D eigenvalue weighted by atomic mass is 16.6. The fourth-order valence-corrected chi connectivity index (χ4v) is 3.00. The Hall–Kier alpha value is -1.66. The number of nitrogens with zero attached hydrogens (tertiary/aromatic N) is 2. The van der Waals surface area contributed by atoms with Crippen LogP contribution in [0.3, 0.4) is 0 Å². The highest BCUT2D eigenvalue weighted by molar-refractivity contribution is 5.65. The molecule has 1 aliphatic carbocycles. The largest absolute Gasteiger partial charge is 0.392 e. The number of morpholine rings is 1. The van der Waals surface area contributed by atoms with Crippen molar-refractivity contribution in [2.45, 2.75) is 31.5 Å². The summed E-state index contributed by atoms with van der Waals surface area (Å²) in [5, 5.41) is 20.4. The summed E-state index contributed by atoms with van der Waals surface area (Å²) in [6, 6.07) is 4.79. The topological polar surface area (TPSA) is 75.8 Å². The number of aliphatic hydroxyl groups is 1. The number of hydrogen-bond acceptors (Lipinski definition) is 5. The minimum absolute atomic E-state index is 0.0959. The number of benzene rings is 1. The molecule has 1 heterocycles. The molecule has 1 N–H and O–H groups in total. The third-order valence-corrected chi connectivity index (χ3v) is 4.27. The van der Waals surface area contributed by atoms with E-state index in [4.69, 9.17) is 4.74 Å². The maximum absolute atomic E-state index is 11.2. The Morgan fingerprint density at radius 3 is 2.85 bits per heavy atom. The van der Waals surface area contributed by atoms with Gasteiger partial charge in [0.05, 0.1) is 23.7 Å². The number of aliphatic hydroxyl groups excluding tert-OH is 1. The van der Waals surface area contributed by atoms with Gasteiger partial charge in [-0.25, -0.2) is 0 Å². The number of ether oxygens (including phenoxy) is 1. The molecule has 20 heavy (non-hydrogen) atoms.